The van der Waals surface area contributed by atoms with Gasteiger partial charge in [-0.1, -0.05) is 17.4 Å². The fraction of sp³-hybridized carbons (Fsp3) is 0.588. The minimum absolute atomic E-state index is 0.122. The van der Waals surface area contributed by atoms with Crippen molar-refractivity contribution in [3.8, 4) is 9.88 Å². The lowest BCUT2D eigenvalue weighted by Crippen LogP contribution is -2.51. The third-order valence-corrected chi connectivity index (χ3v) is 7.78. The molecule has 0 aromatic carbocycles. The van der Waals surface area contributed by atoms with Crippen molar-refractivity contribution in [3.63, 3.8) is 0 Å². The summed E-state index contributed by atoms with van der Waals surface area (Å²) in [5.74, 6) is 2.54. The van der Waals surface area contributed by atoms with E-state index < -0.39 is 0 Å². The molecule has 6 rings (SSSR count). The zero-order valence-electron chi connectivity index (χ0n) is 12.8. The van der Waals surface area contributed by atoms with Gasteiger partial charge < -0.3 is 5.32 Å². The van der Waals surface area contributed by atoms with Gasteiger partial charge in [0, 0.05) is 0 Å². The van der Waals surface area contributed by atoms with E-state index in [1.54, 1.807) is 11.3 Å². The number of nitrogens with one attached hydrogen (secondary N) is 1. The normalized spacial score (nSPS) is 34.7. The monoisotopic (exact) mass is 345 g/mol. The Kier molecular flexibility index (Phi) is 3.14. The molecule has 0 unspecified atom stereocenters. The van der Waals surface area contributed by atoms with E-state index in [1.807, 2.05) is 17.5 Å². The van der Waals surface area contributed by atoms with Gasteiger partial charge >= 0.3 is 0 Å². The Morgan fingerprint density at radius 3 is 2.43 bits per heavy atom. The van der Waals surface area contributed by atoms with Crippen molar-refractivity contribution < 1.29 is 4.79 Å². The van der Waals surface area contributed by atoms with Gasteiger partial charge in [0.15, 0.2) is 5.01 Å². The molecule has 4 fully saturated rings. The van der Waals surface area contributed by atoms with Crippen LogP contribution < -0.4 is 5.32 Å². The van der Waals surface area contributed by atoms with Crippen LogP contribution in [0, 0.1) is 23.2 Å². The van der Waals surface area contributed by atoms with E-state index in [2.05, 4.69) is 15.5 Å². The maximum atomic E-state index is 13.0. The molecule has 0 atom stereocenters. The highest BCUT2D eigenvalue weighted by Gasteiger charge is 2.54. The molecular weight excluding hydrogens is 326 g/mol. The van der Waals surface area contributed by atoms with Gasteiger partial charge in [-0.05, 0) is 67.7 Å². The molecule has 0 radical (unpaired) electrons. The molecule has 4 nitrogen and oxygen atoms in total. The van der Waals surface area contributed by atoms with Crippen molar-refractivity contribution in [2.24, 2.45) is 23.2 Å². The van der Waals surface area contributed by atoms with Gasteiger partial charge in [-0.15, -0.1) is 21.5 Å². The smallest absolute Gasteiger partial charge is 0.232 e. The molecule has 4 aliphatic rings. The predicted molar refractivity (Wildman–Crippen MR) is 92.5 cm³/mol. The van der Waals surface area contributed by atoms with Gasteiger partial charge in [0.2, 0.25) is 11.0 Å². The number of hydrogen-bond donors (Lipinski definition) is 1. The number of carbonyl (C=O) groups excluding carboxylic acids is 1. The number of anilines is 1. The summed E-state index contributed by atoms with van der Waals surface area (Å²) >= 11 is 3.13. The van der Waals surface area contributed by atoms with Crippen molar-refractivity contribution in [3.05, 3.63) is 17.5 Å². The Morgan fingerprint density at radius 2 is 1.83 bits per heavy atom. The third-order valence-electron chi connectivity index (χ3n) is 5.90. The van der Waals surface area contributed by atoms with Gasteiger partial charge in [-0.2, -0.15) is 0 Å². The molecule has 23 heavy (non-hydrogen) atoms. The largest absolute Gasteiger partial charge is 0.300 e. The van der Waals surface area contributed by atoms with Crippen molar-refractivity contribution in [1.82, 2.24) is 10.2 Å². The van der Waals surface area contributed by atoms with E-state index >= 15 is 0 Å². The standard InChI is InChI=1S/C17H19N3OS2/c21-15(17-7-10-4-11(8-17)6-12(5-10)9-17)18-16-20-19-14(23-16)13-2-1-3-22-13/h1-3,10-12H,4-9H2,(H,18,20,21). The van der Waals surface area contributed by atoms with Gasteiger partial charge in [0.25, 0.3) is 0 Å². The summed E-state index contributed by atoms with van der Waals surface area (Å²) < 4.78 is 0. The van der Waals surface area contributed by atoms with E-state index in [0.717, 1.165) is 46.9 Å². The number of thiophene rings is 1. The number of amides is 1. The number of hydrogen-bond acceptors (Lipinski definition) is 5. The molecule has 0 saturated heterocycles. The minimum atomic E-state index is -0.122. The van der Waals surface area contributed by atoms with Crippen LogP contribution in [-0.4, -0.2) is 16.1 Å². The SMILES string of the molecule is O=C(Nc1nnc(-c2cccs2)s1)C12CC3CC(CC(C3)C1)C2. The Morgan fingerprint density at radius 1 is 1.13 bits per heavy atom. The summed E-state index contributed by atoms with van der Waals surface area (Å²) in [6.07, 6.45) is 7.32. The minimum Gasteiger partial charge on any atom is -0.300 e. The topological polar surface area (TPSA) is 54.9 Å². The summed E-state index contributed by atoms with van der Waals surface area (Å²) in [6, 6.07) is 4.05. The summed E-state index contributed by atoms with van der Waals surface area (Å²) in [4.78, 5) is 14.1. The van der Waals surface area contributed by atoms with Gasteiger partial charge in [-0.3, -0.25) is 4.79 Å². The van der Waals surface area contributed by atoms with Crippen LogP contribution in [0.15, 0.2) is 17.5 Å². The summed E-state index contributed by atoms with van der Waals surface area (Å²) in [5, 5.41) is 15.1. The third kappa shape index (κ3) is 2.34. The summed E-state index contributed by atoms with van der Waals surface area (Å²) in [5.41, 5.74) is -0.122. The van der Waals surface area contributed by atoms with Crippen LogP contribution in [0.4, 0.5) is 5.13 Å². The van der Waals surface area contributed by atoms with Gasteiger partial charge in [-0.25, -0.2) is 0 Å². The van der Waals surface area contributed by atoms with E-state index in [1.165, 1.54) is 30.6 Å². The lowest BCUT2D eigenvalue weighted by atomic mass is 9.49. The molecule has 1 N–H and O–H groups in total. The average molecular weight is 345 g/mol. The predicted octanol–water partition coefficient (Wildman–Crippen LogP) is 4.42. The number of carbonyl (C=O) groups is 1. The van der Waals surface area contributed by atoms with Crippen molar-refractivity contribution in [2.45, 2.75) is 38.5 Å². The second-order valence-electron chi connectivity index (χ2n) is 7.54. The number of rotatable bonds is 3. The molecule has 0 spiro atoms. The van der Waals surface area contributed by atoms with Crippen LogP contribution >= 0.6 is 22.7 Å². The van der Waals surface area contributed by atoms with Crippen molar-refractivity contribution in [2.75, 3.05) is 5.32 Å². The Bertz CT molecular complexity index is 702. The first-order valence-corrected chi connectivity index (χ1v) is 10.1. The van der Waals surface area contributed by atoms with Crippen LogP contribution in [0.2, 0.25) is 0 Å². The Hall–Kier alpha value is -1.27. The lowest BCUT2D eigenvalue weighted by Gasteiger charge is -2.55. The first kappa shape index (κ1) is 14.1. The summed E-state index contributed by atoms with van der Waals surface area (Å²) in [7, 11) is 0. The second kappa shape index (κ2) is 5.11. The van der Waals surface area contributed by atoms with E-state index in [-0.39, 0.29) is 11.3 Å². The Labute approximate surface area is 143 Å². The van der Waals surface area contributed by atoms with Crippen LogP contribution in [0.5, 0.6) is 0 Å². The molecule has 0 aliphatic heterocycles. The molecule has 6 heteroatoms. The fourth-order valence-corrected chi connectivity index (χ4v) is 6.92. The molecule has 4 bridgehead atoms. The van der Waals surface area contributed by atoms with Crippen LogP contribution in [0.1, 0.15) is 38.5 Å². The highest BCUT2D eigenvalue weighted by atomic mass is 32.1. The molecule has 4 saturated carbocycles. The molecule has 120 valence electrons. The highest BCUT2D eigenvalue weighted by molar-refractivity contribution is 7.23. The maximum absolute atomic E-state index is 13.0. The molecular formula is C17H19N3OS2. The molecule has 2 heterocycles. The van der Waals surface area contributed by atoms with Crippen LogP contribution in [0.25, 0.3) is 9.88 Å². The van der Waals surface area contributed by atoms with Crippen LogP contribution in [0.3, 0.4) is 0 Å². The van der Waals surface area contributed by atoms with Gasteiger partial charge in [0.1, 0.15) is 0 Å². The molecule has 2 aromatic rings. The van der Waals surface area contributed by atoms with Gasteiger partial charge in [0.05, 0.1) is 10.3 Å². The average Bonchev–Trinajstić information content (AvgIpc) is 3.16. The van der Waals surface area contributed by atoms with Crippen molar-refractivity contribution in [1.29, 1.82) is 0 Å². The van der Waals surface area contributed by atoms with Crippen molar-refractivity contribution >= 4 is 33.7 Å². The molecule has 4 aliphatic carbocycles. The number of aromatic nitrogens is 2. The zero-order chi connectivity index (χ0) is 15.4. The highest BCUT2D eigenvalue weighted by Crippen LogP contribution is 2.60. The fourth-order valence-electron chi connectivity index (χ4n) is 5.39. The molecule has 2 aromatic heterocycles. The lowest BCUT2D eigenvalue weighted by molar-refractivity contribution is -0.140. The van der Waals surface area contributed by atoms with E-state index in [0.29, 0.717) is 5.13 Å². The van der Waals surface area contributed by atoms with E-state index in [9.17, 15) is 4.79 Å². The van der Waals surface area contributed by atoms with E-state index in [4.69, 9.17) is 0 Å². The quantitative estimate of drug-likeness (QED) is 0.896. The first-order chi connectivity index (χ1) is 11.2. The number of nitrogens with zero attached hydrogens (tertiary/aromatic N) is 2. The maximum Gasteiger partial charge on any atom is 0.232 e. The Balaban J connectivity index is 1.36. The molecule has 1 amide bonds. The van der Waals surface area contributed by atoms with Crippen LogP contribution in [-0.2, 0) is 4.79 Å². The second-order valence-corrected chi connectivity index (χ2v) is 9.47. The first-order valence-electron chi connectivity index (χ1n) is 8.39. The summed E-state index contributed by atoms with van der Waals surface area (Å²) in [6.45, 7) is 0. The zero-order valence-corrected chi connectivity index (χ0v) is 14.5.